The van der Waals surface area contributed by atoms with Crippen LogP contribution >= 0.6 is 0 Å². The van der Waals surface area contributed by atoms with Crippen molar-refractivity contribution in [3.63, 3.8) is 0 Å². The second-order valence-corrected chi connectivity index (χ2v) is 20.9. The predicted molar refractivity (Wildman–Crippen MR) is 233 cm³/mol. The number of methoxy groups -OCH3 is 3. The Morgan fingerprint density at radius 1 is 0.781 bits per heavy atom. The molecular weight excluding hydrogens is 829 g/mol. The topological polar surface area (TPSA) is 187 Å². The van der Waals surface area contributed by atoms with Crippen molar-refractivity contribution in [1.29, 1.82) is 0 Å². The number of carbonyl (C=O) groups is 2. The molecule has 0 radical (unpaired) electrons. The van der Waals surface area contributed by atoms with E-state index in [1.54, 1.807) is 28.3 Å². The summed E-state index contributed by atoms with van der Waals surface area (Å²) >= 11 is 0. The zero-order valence-electron chi connectivity index (χ0n) is 40.3. The number of rotatable bonds is 13. The van der Waals surface area contributed by atoms with Crippen molar-refractivity contribution < 1.29 is 72.3 Å². The van der Waals surface area contributed by atoms with Crippen molar-refractivity contribution in [2.45, 2.75) is 224 Å². The second kappa shape index (κ2) is 19.3. The summed E-state index contributed by atoms with van der Waals surface area (Å²) in [6.45, 7) is 17.1. The zero-order chi connectivity index (χ0) is 46.7. The fraction of sp³-hybridized carbons (Fsp3) is 0.878. The maximum Gasteiger partial charge on any atom is 0.330 e. The van der Waals surface area contributed by atoms with Gasteiger partial charge in [0.25, 0.3) is 0 Å². The normalized spacial score (nSPS) is 48.5. The van der Waals surface area contributed by atoms with Gasteiger partial charge in [0.2, 0.25) is 0 Å². The number of aliphatic hydroxyl groups is 3. The number of allylic oxidation sites excluding steroid dienone is 1. The van der Waals surface area contributed by atoms with Gasteiger partial charge in [0, 0.05) is 63.9 Å². The SMILES string of the molecule is CO[C@H]1C[C@H](O[C@H]2CC[C@@]3(C)C(=CC[C@]4(O)[C@@H]3C[C@@H](OC(=O)/C=C(\C)C(C)C)[C@]3(C)[C@H](C(C)=O)CC[C@@]34O)C2)O[C@H](C)[C@H]1O[C@H]1C[C@@H](OC)[C@H](O[C@H]2C[C@@H](OC)[C@H](O)[C@@H](C)O2)[C@@H](C)O1. The summed E-state index contributed by atoms with van der Waals surface area (Å²) in [4.78, 5) is 26.7. The molecule has 0 spiro atoms. The standard InChI is InChI=1S/C49H78O15/c1-25(2)26(3)19-39(51)62-38-24-37-46(8)16-14-32(20-31(46)13-17-48(37,53)49(54)18-15-33(27(4)50)47(38,49)9)61-40-22-35(56-11)44(29(6)59-40)64-42-23-36(57-12)45(30(7)60-42)63-41-21-34(55-10)43(52)28(5)58-41/h13,19,25,28-30,32-38,40-45,52-54H,14-18,20-24H2,1-12H3/b26-19+/t28-,29-,30-,32+,33+,34-,35+,36-,37-,38-,40+,41+,42+,43-,44-,45-,46+,47+,48+,49-/m1/s1. The van der Waals surface area contributed by atoms with E-state index < -0.39 is 108 Å². The number of hydrogen-bond acceptors (Lipinski definition) is 15. The van der Waals surface area contributed by atoms with Crippen LogP contribution in [0.25, 0.3) is 0 Å². The smallest absolute Gasteiger partial charge is 0.330 e. The first-order chi connectivity index (χ1) is 30.1. The quantitative estimate of drug-likeness (QED) is 0.120. The summed E-state index contributed by atoms with van der Waals surface area (Å²) in [5.41, 5.74) is -2.81. The Balaban J connectivity index is 0.998. The van der Waals surface area contributed by atoms with Crippen LogP contribution in [0.2, 0.25) is 0 Å². The summed E-state index contributed by atoms with van der Waals surface area (Å²) in [6, 6.07) is 0. The molecule has 7 aliphatic rings. The Morgan fingerprint density at radius 2 is 1.33 bits per heavy atom. The molecule has 0 unspecified atom stereocenters. The first-order valence-electron chi connectivity index (χ1n) is 23.9. The van der Waals surface area contributed by atoms with Gasteiger partial charge in [-0.05, 0) is 90.9 Å². The maximum atomic E-state index is 13.5. The van der Waals surface area contributed by atoms with E-state index >= 15 is 0 Å². The van der Waals surface area contributed by atoms with E-state index in [2.05, 4.69) is 13.0 Å². The number of Topliss-reactive ketones (excluding diaryl/α,β-unsaturated/α-hetero) is 1. The van der Waals surface area contributed by atoms with Gasteiger partial charge >= 0.3 is 5.97 Å². The number of aliphatic hydroxyl groups excluding tert-OH is 1. The molecule has 3 saturated heterocycles. The molecule has 3 aliphatic heterocycles. The monoisotopic (exact) mass is 907 g/mol. The molecule has 15 heteroatoms. The average Bonchev–Trinajstić information content (AvgIpc) is 3.54. The highest BCUT2D eigenvalue weighted by Crippen LogP contribution is 2.70. The molecule has 364 valence electrons. The number of fused-ring (bicyclic) bond motifs is 5. The molecule has 0 aromatic rings. The van der Waals surface area contributed by atoms with Crippen LogP contribution in [0.15, 0.2) is 23.3 Å². The summed E-state index contributed by atoms with van der Waals surface area (Å²) in [5.74, 6) is -1.39. The minimum atomic E-state index is -1.65. The van der Waals surface area contributed by atoms with Crippen LogP contribution in [0.3, 0.4) is 0 Å². The van der Waals surface area contributed by atoms with Crippen LogP contribution in [-0.4, -0.2) is 146 Å². The number of esters is 1. The molecule has 0 aromatic carbocycles. The molecule has 6 fully saturated rings. The molecule has 15 nitrogen and oxygen atoms in total. The van der Waals surface area contributed by atoms with Gasteiger partial charge in [-0.3, -0.25) is 4.79 Å². The molecule has 20 atom stereocenters. The lowest BCUT2D eigenvalue weighted by molar-refractivity contribution is -0.338. The third-order valence-electron chi connectivity index (χ3n) is 17.2. The predicted octanol–water partition coefficient (Wildman–Crippen LogP) is 5.47. The van der Waals surface area contributed by atoms with Gasteiger partial charge < -0.3 is 62.7 Å². The second-order valence-electron chi connectivity index (χ2n) is 20.9. The van der Waals surface area contributed by atoms with Gasteiger partial charge in [-0.1, -0.05) is 44.9 Å². The van der Waals surface area contributed by atoms with E-state index in [0.29, 0.717) is 51.4 Å². The Morgan fingerprint density at radius 3 is 1.88 bits per heavy atom. The number of hydrogen-bond donors (Lipinski definition) is 3. The van der Waals surface area contributed by atoms with Crippen LogP contribution in [0.4, 0.5) is 0 Å². The first kappa shape index (κ1) is 50.0. The molecule has 3 heterocycles. The highest BCUT2D eigenvalue weighted by molar-refractivity contribution is 5.83. The van der Waals surface area contributed by atoms with Gasteiger partial charge in [-0.25, -0.2) is 4.79 Å². The van der Waals surface area contributed by atoms with Crippen molar-refractivity contribution in [1.82, 2.24) is 0 Å². The summed E-state index contributed by atoms with van der Waals surface area (Å²) in [7, 11) is 4.87. The highest BCUT2D eigenvalue weighted by atomic mass is 16.7. The largest absolute Gasteiger partial charge is 0.458 e. The highest BCUT2D eigenvalue weighted by Gasteiger charge is 2.77. The summed E-state index contributed by atoms with van der Waals surface area (Å²) < 4.78 is 62.3. The summed E-state index contributed by atoms with van der Waals surface area (Å²) in [6.07, 6.45) is 1.32. The molecule has 3 N–H and O–H groups in total. The van der Waals surface area contributed by atoms with Gasteiger partial charge in [-0.15, -0.1) is 0 Å². The Bertz CT molecular complexity index is 1740. The Kier molecular flexibility index (Phi) is 15.1. The molecule has 0 bridgehead atoms. The van der Waals surface area contributed by atoms with Crippen LogP contribution < -0.4 is 0 Å². The Hall–Kier alpha value is -1.86. The van der Waals surface area contributed by atoms with Crippen molar-refractivity contribution in [2.24, 2.45) is 28.6 Å². The summed E-state index contributed by atoms with van der Waals surface area (Å²) in [5, 5.41) is 36.2. The maximum absolute atomic E-state index is 13.5. The third kappa shape index (κ3) is 8.85. The van der Waals surface area contributed by atoms with E-state index in [9.17, 15) is 24.9 Å². The van der Waals surface area contributed by atoms with Crippen LogP contribution in [0.5, 0.6) is 0 Å². The molecule has 3 saturated carbocycles. The van der Waals surface area contributed by atoms with Gasteiger partial charge in [0.05, 0.1) is 42.7 Å². The van der Waals surface area contributed by atoms with Crippen molar-refractivity contribution in [3.8, 4) is 0 Å². The Labute approximate surface area is 380 Å². The van der Waals surface area contributed by atoms with Crippen molar-refractivity contribution >= 4 is 11.8 Å². The van der Waals surface area contributed by atoms with E-state index in [0.717, 1.165) is 11.1 Å². The lowest BCUT2D eigenvalue weighted by atomic mass is 9.43. The van der Waals surface area contributed by atoms with Crippen LogP contribution in [-0.2, 0) is 57.0 Å². The lowest BCUT2D eigenvalue weighted by Gasteiger charge is -2.66. The fourth-order valence-corrected chi connectivity index (χ4v) is 13.0. The lowest BCUT2D eigenvalue weighted by Crippen LogP contribution is -2.75. The molecule has 0 aromatic heterocycles. The minimum Gasteiger partial charge on any atom is -0.458 e. The number of ketones is 1. The van der Waals surface area contributed by atoms with E-state index in [-0.39, 0.29) is 42.9 Å². The van der Waals surface area contributed by atoms with Crippen molar-refractivity contribution in [3.05, 3.63) is 23.3 Å². The third-order valence-corrected chi connectivity index (χ3v) is 17.2. The van der Waals surface area contributed by atoms with Gasteiger partial charge in [-0.2, -0.15) is 0 Å². The molecular formula is C49H78O15. The van der Waals surface area contributed by atoms with Gasteiger partial charge in [0.15, 0.2) is 18.9 Å². The molecule has 7 rings (SSSR count). The van der Waals surface area contributed by atoms with E-state index in [1.807, 2.05) is 41.5 Å². The fourth-order valence-electron chi connectivity index (χ4n) is 13.0. The molecule has 4 aliphatic carbocycles. The average molecular weight is 907 g/mol. The van der Waals surface area contributed by atoms with Crippen molar-refractivity contribution in [2.75, 3.05) is 21.3 Å². The number of ether oxygens (including phenoxy) is 10. The molecule has 0 amide bonds. The van der Waals surface area contributed by atoms with Crippen LogP contribution in [0, 0.1) is 28.6 Å². The minimum absolute atomic E-state index is 0.0697. The van der Waals surface area contributed by atoms with E-state index in [4.69, 9.17) is 47.4 Å². The molecule has 64 heavy (non-hydrogen) atoms. The van der Waals surface area contributed by atoms with Crippen LogP contribution in [0.1, 0.15) is 127 Å². The number of carbonyl (C=O) groups excluding carboxylic acids is 2. The van der Waals surface area contributed by atoms with E-state index in [1.165, 1.54) is 13.0 Å². The first-order valence-corrected chi connectivity index (χ1v) is 23.9. The zero-order valence-corrected chi connectivity index (χ0v) is 40.3. The van der Waals surface area contributed by atoms with Gasteiger partial charge in [0.1, 0.15) is 41.4 Å².